The monoisotopic (exact) mass is 431 g/mol. The van der Waals surface area contributed by atoms with E-state index in [1.165, 1.54) is 11.3 Å². The number of aromatic nitrogens is 2. The summed E-state index contributed by atoms with van der Waals surface area (Å²) in [7, 11) is 0. The molecule has 4 rings (SSSR count). The van der Waals surface area contributed by atoms with E-state index in [0.717, 1.165) is 16.1 Å². The van der Waals surface area contributed by atoms with E-state index in [-0.39, 0.29) is 18.6 Å². The number of para-hydroxylation sites is 1. The van der Waals surface area contributed by atoms with Crippen LogP contribution in [-0.4, -0.2) is 28.3 Å². The molecule has 0 saturated carbocycles. The number of esters is 1. The number of carbonyl (C=O) groups is 2. The second kappa shape index (κ2) is 9.40. The minimum Gasteiger partial charge on any atom is -0.452 e. The standard InChI is InChI=1S/C24H21N3O3S/c1-17(18-9-4-2-5-10-18)25-22(28)16-30-24(29)20-15-27(19-11-6-3-7-12-19)26-23(20)21-13-8-14-31-21/h2-15,17H,16H2,1H3,(H,25,28)/t17-/m0/s1. The van der Waals surface area contributed by atoms with Crippen molar-refractivity contribution in [2.24, 2.45) is 0 Å². The number of hydrogen-bond acceptors (Lipinski definition) is 5. The van der Waals surface area contributed by atoms with E-state index in [1.807, 2.05) is 85.1 Å². The van der Waals surface area contributed by atoms with Gasteiger partial charge in [-0.2, -0.15) is 5.10 Å². The lowest BCUT2D eigenvalue weighted by atomic mass is 10.1. The zero-order valence-electron chi connectivity index (χ0n) is 16.9. The first-order valence-corrected chi connectivity index (χ1v) is 10.7. The maximum atomic E-state index is 12.8. The zero-order chi connectivity index (χ0) is 21.6. The van der Waals surface area contributed by atoms with Crippen molar-refractivity contribution in [3.8, 4) is 16.3 Å². The smallest absolute Gasteiger partial charge is 0.342 e. The SMILES string of the molecule is C[C@H](NC(=O)COC(=O)c1cn(-c2ccccc2)nc1-c1cccs1)c1ccccc1. The normalized spacial score (nSPS) is 11.6. The van der Waals surface area contributed by atoms with Gasteiger partial charge in [-0.1, -0.05) is 54.6 Å². The van der Waals surface area contributed by atoms with Gasteiger partial charge in [0, 0.05) is 6.20 Å². The van der Waals surface area contributed by atoms with Crippen LogP contribution in [0.15, 0.2) is 84.4 Å². The van der Waals surface area contributed by atoms with Crippen molar-refractivity contribution in [2.75, 3.05) is 6.61 Å². The number of nitrogens with zero attached hydrogens (tertiary/aromatic N) is 2. The Morgan fingerprint density at radius 1 is 1.03 bits per heavy atom. The fourth-order valence-corrected chi connectivity index (χ4v) is 3.87. The first-order chi connectivity index (χ1) is 15.1. The third kappa shape index (κ3) is 4.90. The molecule has 7 heteroatoms. The van der Waals surface area contributed by atoms with E-state index in [9.17, 15) is 9.59 Å². The molecule has 0 fully saturated rings. The first-order valence-electron chi connectivity index (χ1n) is 9.82. The Morgan fingerprint density at radius 2 is 1.74 bits per heavy atom. The van der Waals surface area contributed by atoms with Gasteiger partial charge in [-0.15, -0.1) is 11.3 Å². The van der Waals surface area contributed by atoms with Crippen LogP contribution in [-0.2, 0) is 9.53 Å². The van der Waals surface area contributed by atoms with E-state index >= 15 is 0 Å². The van der Waals surface area contributed by atoms with Crippen LogP contribution in [0.2, 0.25) is 0 Å². The summed E-state index contributed by atoms with van der Waals surface area (Å²) in [6.07, 6.45) is 1.64. The summed E-state index contributed by atoms with van der Waals surface area (Å²) in [6, 6.07) is 22.7. The molecule has 1 N–H and O–H groups in total. The number of thiophene rings is 1. The summed E-state index contributed by atoms with van der Waals surface area (Å²) in [5, 5.41) is 9.35. The van der Waals surface area contributed by atoms with Crippen LogP contribution in [0.1, 0.15) is 28.9 Å². The average molecular weight is 432 g/mol. The first kappa shape index (κ1) is 20.6. The molecule has 0 aliphatic carbocycles. The fraction of sp³-hybridized carbons (Fsp3) is 0.125. The van der Waals surface area contributed by atoms with Gasteiger partial charge in [0.2, 0.25) is 0 Å². The van der Waals surface area contributed by atoms with Crippen LogP contribution in [0, 0.1) is 0 Å². The van der Waals surface area contributed by atoms with Gasteiger partial charge in [0.15, 0.2) is 6.61 Å². The third-order valence-electron chi connectivity index (χ3n) is 4.72. The molecule has 2 aromatic carbocycles. The lowest BCUT2D eigenvalue weighted by Crippen LogP contribution is -2.31. The van der Waals surface area contributed by atoms with E-state index < -0.39 is 5.97 Å². The molecule has 0 spiro atoms. The Hall–Kier alpha value is -3.71. The predicted molar refractivity (Wildman–Crippen MR) is 120 cm³/mol. The molecular formula is C24H21N3O3S. The summed E-state index contributed by atoms with van der Waals surface area (Å²) >= 11 is 1.48. The molecule has 0 saturated heterocycles. The van der Waals surface area contributed by atoms with Crippen LogP contribution in [0.3, 0.4) is 0 Å². The molecule has 31 heavy (non-hydrogen) atoms. The Bertz CT molecular complexity index is 1160. The molecule has 156 valence electrons. The highest BCUT2D eigenvalue weighted by Gasteiger charge is 2.21. The van der Waals surface area contributed by atoms with Gasteiger partial charge in [0.05, 0.1) is 16.6 Å². The van der Waals surface area contributed by atoms with Crippen molar-refractivity contribution in [2.45, 2.75) is 13.0 Å². The molecule has 1 atom stereocenters. The van der Waals surface area contributed by atoms with Crippen LogP contribution in [0.4, 0.5) is 0 Å². The number of carbonyl (C=O) groups excluding carboxylic acids is 2. The van der Waals surface area contributed by atoms with Gasteiger partial charge in [-0.05, 0) is 36.1 Å². The van der Waals surface area contributed by atoms with Gasteiger partial charge >= 0.3 is 5.97 Å². The Labute approximate surface area is 184 Å². The molecule has 0 radical (unpaired) electrons. The molecule has 0 aliphatic rings. The second-order valence-corrected chi connectivity index (χ2v) is 7.87. The number of nitrogens with one attached hydrogen (secondary N) is 1. The molecule has 4 aromatic rings. The minimum absolute atomic E-state index is 0.185. The second-order valence-electron chi connectivity index (χ2n) is 6.92. The number of ether oxygens (including phenoxy) is 1. The van der Waals surface area contributed by atoms with E-state index in [1.54, 1.807) is 10.9 Å². The molecule has 2 heterocycles. The van der Waals surface area contributed by atoms with Crippen molar-refractivity contribution in [3.63, 3.8) is 0 Å². The van der Waals surface area contributed by atoms with E-state index in [4.69, 9.17) is 4.74 Å². The lowest BCUT2D eigenvalue weighted by molar-refractivity contribution is -0.124. The largest absolute Gasteiger partial charge is 0.452 e. The highest BCUT2D eigenvalue weighted by Crippen LogP contribution is 2.28. The van der Waals surface area contributed by atoms with Crippen LogP contribution in [0.5, 0.6) is 0 Å². The Kier molecular flexibility index (Phi) is 6.24. The summed E-state index contributed by atoms with van der Waals surface area (Å²) in [6.45, 7) is 1.52. The number of hydrogen-bond donors (Lipinski definition) is 1. The fourth-order valence-electron chi connectivity index (χ4n) is 3.15. The molecule has 6 nitrogen and oxygen atoms in total. The highest BCUT2D eigenvalue weighted by molar-refractivity contribution is 7.13. The average Bonchev–Trinajstić information content (AvgIpc) is 3.49. The van der Waals surface area contributed by atoms with Crippen LogP contribution >= 0.6 is 11.3 Å². The molecule has 0 unspecified atom stereocenters. The molecular weight excluding hydrogens is 410 g/mol. The quantitative estimate of drug-likeness (QED) is 0.433. The van der Waals surface area contributed by atoms with E-state index in [2.05, 4.69) is 10.4 Å². The van der Waals surface area contributed by atoms with Crippen LogP contribution in [0.25, 0.3) is 16.3 Å². The zero-order valence-corrected chi connectivity index (χ0v) is 17.7. The third-order valence-corrected chi connectivity index (χ3v) is 5.60. The maximum absolute atomic E-state index is 12.8. The summed E-state index contributed by atoms with van der Waals surface area (Å²) in [5.41, 5.74) is 2.65. The van der Waals surface area contributed by atoms with Crippen molar-refractivity contribution >= 4 is 23.2 Å². The Morgan fingerprint density at radius 3 is 2.42 bits per heavy atom. The number of amides is 1. The van der Waals surface area contributed by atoms with Gasteiger partial charge in [0.25, 0.3) is 5.91 Å². The van der Waals surface area contributed by atoms with Gasteiger partial charge in [-0.25, -0.2) is 9.48 Å². The minimum atomic E-state index is -0.590. The van der Waals surface area contributed by atoms with Gasteiger partial charge in [0.1, 0.15) is 11.3 Å². The number of rotatable bonds is 7. The van der Waals surface area contributed by atoms with Crippen molar-refractivity contribution in [3.05, 3.63) is 95.5 Å². The highest BCUT2D eigenvalue weighted by atomic mass is 32.1. The summed E-state index contributed by atoms with van der Waals surface area (Å²) in [4.78, 5) is 26.0. The molecule has 0 bridgehead atoms. The predicted octanol–water partition coefficient (Wildman–Crippen LogP) is 4.64. The lowest BCUT2D eigenvalue weighted by Gasteiger charge is -2.14. The number of benzene rings is 2. The topological polar surface area (TPSA) is 73.2 Å². The Balaban J connectivity index is 1.47. The summed E-state index contributed by atoms with van der Waals surface area (Å²) < 4.78 is 6.96. The van der Waals surface area contributed by atoms with Crippen molar-refractivity contribution < 1.29 is 14.3 Å². The van der Waals surface area contributed by atoms with Gasteiger partial charge in [-0.3, -0.25) is 4.79 Å². The molecule has 0 aliphatic heterocycles. The van der Waals surface area contributed by atoms with Crippen molar-refractivity contribution in [1.29, 1.82) is 0 Å². The maximum Gasteiger partial charge on any atom is 0.342 e. The van der Waals surface area contributed by atoms with Crippen molar-refractivity contribution in [1.82, 2.24) is 15.1 Å². The molecule has 2 aromatic heterocycles. The van der Waals surface area contributed by atoms with E-state index in [0.29, 0.717) is 11.3 Å². The molecule has 1 amide bonds. The van der Waals surface area contributed by atoms with Crippen LogP contribution < -0.4 is 5.32 Å². The summed E-state index contributed by atoms with van der Waals surface area (Å²) in [5.74, 6) is -0.953. The van der Waals surface area contributed by atoms with Gasteiger partial charge < -0.3 is 10.1 Å².